The van der Waals surface area contributed by atoms with Gasteiger partial charge in [-0.05, 0) is 10.8 Å². The summed E-state index contributed by atoms with van der Waals surface area (Å²) in [4.78, 5) is 10.7. The van der Waals surface area contributed by atoms with Gasteiger partial charge in [-0.3, -0.25) is 0 Å². The summed E-state index contributed by atoms with van der Waals surface area (Å²) in [6, 6.07) is 12.5. The van der Waals surface area contributed by atoms with E-state index in [9.17, 15) is 9.90 Å². The monoisotopic (exact) mass is 630 g/mol. The molecule has 2 nitrogen and oxygen atoms in total. The number of unbranched alkanes of at least 4 members (excludes halogenated alkanes) is 15. The summed E-state index contributed by atoms with van der Waals surface area (Å²) in [6.45, 7) is 6.98. The second-order valence-electron chi connectivity index (χ2n) is 11.1. The molecule has 2 aromatic rings. The summed E-state index contributed by atoms with van der Waals surface area (Å²) in [5, 5.41) is 12.4. The van der Waals surface area contributed by atoms with Gasteiger partial charge in [-0.2, -0.15) is 0 Å². The van der Waals surface area contributed by atoms with E-state index in [1.165, 1.54) is 96.3 Å². The number of rotatable bonds is 22. The van der Waals surface area contributed by atoms with Crippen molar-refractivity contribution in [3.8, 4) is 0 Å². The minimum Gasteiger partial charge on any atom is -0.545 e. The van der Waals surface area contributed by atoms with Gasteiger partial charge in [0.05, 0.1) is 5.97 Å². The second-order valence-corrected chi connectivity index (χ2v) is 19.7. The van der Waals surface area contributed by atoms with Crippen LogP contribution in [0, 0.1) is 0 Å². The molecule has 38 heavy (non-hydrogen) atoms. The fourth-order valence-corrected chi connectivity index (χ4v) is 13.8. The van der Waals surface area contributed by atoms with E-state index >= 15 is 0 Å². The predicted molar refractivity (Wildman–Crippen MR) is 169 cm³/mol. The molecule has 0 N–H and O–H groups in total. The Hall–Kier alpha value is -1.03. The third kappa shape index (κ3) is 17.5. The molecule has 0 amide bonds. The predicted octanol–water partition coefficient (Wildman–Crippen LogP) is 10.8. The number of carbonyl (C=O) groups excluding carboxylic acids is 1. The molecule has 0 spiro atoms. The van der Waals surface area contributed by atoms with Crippen LogP contribution in [0.2, 0.25) is 13.3 Å². The molecule has 3 heteroatoms. The van der Waals surface area contributed by atoms with Crippen LogP contribution in [0.3, 0.4) is 0 Å². The van der Waals surface area contributed by atoms with Crippen molar-refractivity contribution in [3.63, 3.8) is 0 Å². The Morgan fingerprint density at radius 1 is 0.553 bits per heavy atom. The van der Waals surface area contributed by atoms with E-state index in [4.69, 9.17) is 0 Å². The first-order valence-corrected chi connectivity index (χ1v) is 22.2. The third-order valence-corrected chi connectivity index (χ3v) is 16.7. The Labute approximate surface area is 243 Å². The van der Waals surface area contributed by atoms with Crippen LogP contribution in [0.25, 0.3) is 10.8 Å². The average molecular weight is 630 g/mol. The van der Waals surface area contributed by atoms with Crippen LogP contribution in [-0.2, 0) is 0 Å². The number of carboxylic acids is 1. The van der Waals surface area contributed by atoms with Crippen LogP contribution < -0.4 is 5.11 Å². The first-order valence-electron chi connectivity index (χ1n) is 16.2. The Bertz CT molecular complexity index is 775. The zero-order chi connectivity index (χ0) is 27.7. The molecule has 0 saturated carbocycles. The fraction of sp³-hybridized carbons (Fsp3) is 0.686. The molecule has 0 atom stereocenters. The van der Waals surface area contributed by atoms with E-state index in [1.807, 2.05) is 24.3 Å². The number of carbonyl (C=O) groups is 1. The van der Waals surface area contributed by atoms with Gasteiger partial charge in [-0.1, -0.05) is 42.5 Å². The van der Waals surface area contributed by atoms with Crippen molar-refractivity contribution in [2.45, 2.75) is 150 Å². The van der Waals surface area contributed by atoms with E-state index in [-0.39, 0.29) is 5.56 Å². The summed E-state index contributed by atoms with van der Waals surface area (Å²) in [6.07, 6.45) is 26.9. The fourth-order valence-electron chi connectivity index (χ4n) is 5.24. The van der Waals surface area contributed by atoms with Gasteiger partial charge in [0.15, 0.2) is 0 Å². The summed E-state index contributed by atoms with van der Waals surface area (Å²) in [7, 11) is 0. The van der Waals surface area contributed by atoms with Gasteiger partial charge in [0.25, 0.3) is 0 Å². The van der Waals surface area contributed by atoms with Crippen molar-refractivity contribution in [2.24, 2.45) is 0 Å². The standard InChI is InChI=1S/C11H8O2.3C8H17.Sn/c12-11(13)10-7-3-5-8-4-1-2-6-9(8)10;3*1-3-5-7-8-6-4-2;/h1-7H,(H,12,13);3*1,3-8H2,2H3;/q;;;;+1/p-1. The van der Waals surface area contributed by atoms with Crippen LogP contribution in [-0.4, -0.2) is 25.7 Å². The molecule has 0 unspecified atom stereocenters. The molecule has 0 aliphatic rings. The maximum Gasteiger partial charge on any atom is 0.0721 e. The minimum absolute atomic E-state index is 0.248. The van der Waals surface area contributed by atoms with Crippen LogP contribution in [0.1, 0.15) is 147 Å². The van der Waals surface area contributed by atoms with Crippen LogP contribution in [0.4, 0.5) is 0 Å². The summed E-state index contributed by atoms with van der Waals surface area (Å²) >= 11 is -1.02. The Morgan fingerprint density at radius 2 is 0.947 bits per heavy atom. The van der Waals surface area contributed by atoms with Crippen molar-refractivity contribution in [1.29, 1.82) is 0 Å². The SMILES string of the molecule is CCCCCCC[CH2][Sn+]([CH2]CCCCCCC)[CH2]CCCCCCC.O=C([O-])c1cccc2ccccc12. The van der Waals surface area contributed by atoms with Gasteiger partial charge in [0.1, 0.15) is 0 Å². The number of carboxylic acid groups (broad SMARTS) is 1. The van der Waals surface area contributed by atoms with Gasteiger partial charge in [-0.25, -0.2) is 0 Å². The molecule has 2 aromatic carbocycles. The molecule has 0 radical (unpaired) electrons. The number of benzene rings is 2. The molecular weight excluding hydrogens is 571 g/mol. The van der Waals surface area contributed by atoms with E-state index in [1.54, 1.807) is 50.8 Å². The Balaban J connectivity index is 0.000000457. The first kappa shape index (κ1) is 35.0. The molecule has 0 fully saturated rings. The van der Waals surface area contributed by atoms with Crippen molar-refractivity contribution in [2.75, 3.05) is 0 Å². The van der Waals surface area contributed by atoms with E-state index in [2.05, 4.69) is 20.8 Å². The summed E-state index contributed by atoms with van der Waals surface area (Å²) in [5.74, 6) is -1.13. The largest absolute Gasteiger partial charge is 0.545 e. The number of fused-ring (bicyclic) bond motifs is 1. The molecule has 214 valence electrons. The van der Waals surface area contributed by atoms with Crippen molar-refractivity contribution in [1.82, 2.24) is 0 Å². The van der Waals surface area contributed by atoms with Crippen LogP contribution in [0.5, 0.6) is 0 Å². The van der Waals surface area contributed by atoms with Crippen molar-refractivity contribution in [3.05, 3.63) is 48.0 Å². The second kappa shape index (κ2) is 25.0. The summed E-state index contributed by atoms with van der Waals surface area (Å²) in [5.41, 5.74) is 0.248. The normalized spacial score (nSPS) is 10.8. The van der Waals surface area contributed by atoms with Gasteiger partial charge >= 0.3 is 169 Å². The van der Waals surface area contributed by atoms with E-state index < -0.39 is 25.7 Å². The minimum atomic E-state index is -1.13. The van der Waals surface area contributed by atoms with Gasteiger partial charge in [0, 0.05) is 5.56 Å². The van der Waals surface area contributed by atoms with Crippen molar-refractivity contribution < 1.29 is 9.90 Å². The first-order chi connectivity index (χ1) is 18.6. The maximum absolute atomic E-state index is 10.7. The molecule has 0 bridgehead atoms. The average Bonchev–Trinajstić information content (AvgIpc) is 2.93. The maximum atomic E-state index is 10.7. The van der Waals surface area contributed by atoms with Gasteiger partial charge in [-0.15, -0.1) is 0 Å². The zero-order valence-corrected chi connectivity index (χ0v) is 28.1. The molecular formula is C35H58O2Sn. The molecule has 0 saturated heterocycles. The molecule has 2 rings (SSSR count). The number of hydrogen-bond donors (Lipinski definition) is 0. The number of hydrogen-bond acceptors (Lipinski definition) is 2. The van der Waals surface area contributed by atoms with E-state index in [0.29, 0.717) is 0 Å². The molecule has 0 aromatic heterocycles. The smallest absolute Gasteiger partial charge is 0.0721 e. The quantitative estimate of drug-likeness (QED) is 0.0961. The third-order valence-electron chi connectivity index (χ3n) is 7.66. The topological polar surface area (TPSA) is 40.1 Å². The molecule has 0 aliphatic carbocycles. The van der Waals surface area contributed by atoms with Crippen molar-refractivity contribution >= 4 is 36.5 Å². The molecule has 0 heterocycles. The van der Waals surface area contributed by atoms with Gasteiger partial charge in [0.2, 0.25) is 0 Å². The van der Waals surface area contributed by atoms with Gasteiger partial charge < -0.3 is 9.90 Å². The van der Waals surface area contributed by atoms with Crippen LogP contribution >= 0.6 is 0 Å². The summed E-state index contributed by atoms with van der Waals surface area (Å²) < 4.78 is 5.16. The molecule has 0 aliphatic heterocycles. The zero-order valence-electron chi connectivity index (χ0n) is 25.2. The van der Waals surface area contributed by atoms with Crippen LogP contribution in [0.15, 0.2) is 42.5 Å². The number of aromatic carboxylic acids is 1. The Morgan fingerprint density at radius 3 is 1.39 bits per heavy atom. The van der Waals surface area contributed by atoms with E-state index in [0.717, 1.165) is 10.8 Å². The Kier molecular flexibility index (Phi) is 23.0.